The summed E-state index contributed by atoms with van der Waals surface area (Å²) in [6.45, 7) is -0.345. The van der Waals surface area contributed by atoms with E-state index in [0.717, 1.165) is 36.2 Å². The number of carbonyl (C=O) groups is 2. The molecule has 3 rings (SSSR count). The molecule has 0 fully saturated rings. The van der Waals surface area contributed by atoms with Crippen molar-refractivity contribution in [1.29, 1.82) is 0 Å². The Morgan fingerprint density at radius 3 is 2.46 bits per heavy atom. The minimum Gasteiger partial charge on any atom is -0.453 e. The van der Waals surface area contributed by atoms with Crippen molar-refractivity contribution in [2.75, 3.05) is 24.2 Å². The summed E-state index contributed by atoms with van der Waals surface area (Å²) in [5.74, 6) is -0.806. The number of anilines is 1. The van der Waals surface area contributed by atoms with E-state index in [1.165, 1.54) is 47.4 Å². The van der Waals surface area contributed by atoms with E-state index in [1.54, 1.807) is 12.1 Å². The van der Waals surface area contributed by atoms with Crippen LogP contribution in [0.4, 0.5) is 5.69 Å². The van der Waals surface area contributed by atoms with Gasteiger partial charge in [0, 0.05) is 17.5 Å². The average Bonchev–Trinajstić information content (AvgIpc) is 2.95. The Morgan fingerprint density at radius 2 is 1.79 bits per heavy atom. The molecule has 0 amide bonds. The van der Waals surface area contributed by atoms with Crippen LogP contribution in [-0.2, 0) is 27.6 Å². The number of aryl methyl sites for hydroxylation is 2. The third kappa shape index (κ3) is 4.80. The highest BCUT2D eigenvalue weighted by molar-refractivity contribution is 7.92. The van der Waals surface area contributed by atoms with Crippen LogP contribution in [0.2, 0.25) is 0 Å². The Kier molecular flexibility index (Phi) is 6.20. The standard InChI is InChI=1S/C20H23NO5S2/c1-21(28(2,24)25)16-10-8-14(9-11-16)17(22)13-26-20(23)19-12-15-6-4-3-5-7-18(15)27-19/h8-12H,3-7,13H2,1-2H3. The van der Waals surface area contributed by atoms with Crippen molar-refractivity contribution in [3.8, 4) is 0 Å². The summed E-state index contributed by atoms with van der Waals surface area (Å²) in [7, 11) is -1.92. The molecular weight excluding hydrogens is 398 g/mol. The fraction of sp³-hybridized carbons (Fsp3) is 0.400. The molecule has 0 radical (unpaired) electrons. The Balaban J connectivity index is 1.60. The zero-order chi connectivity index (χ0) is 20.3. The van der Waals surface area contributed by atoms with Gasteiger partial charge in [-0.2, -0.15) is 0 Å². The van der Waals surface area contributed by atoms with E-state index in [4.69, 9.17) is 4.74 Å². The molecule has 0 atom stereocenters. The number of ketones is 1. The van der Waals surface area contributed by atoms with Gasteiger partial charge in [0.2, 0.25) is 10.0 Å². The number of Topliss-reactive ketones (excluding diaryl/α,β-unsaturated/α-hetero) is 1. The average molecular weight is 422 g/mol. The second kappa shape index (κ2) is 8.45. The van der Waals surface area contributed by atoms with Crippen molar-refractivity contribution in [2.45, 2.75) is 32.1 Å². The van der Waals surface area contributed by atoms with Crippen LogP contribution in [0.3, 0.4) is 0 Å². The number of hydrogen-bond donors (Lipinski definition) is 0. The molecule has 2 aromatic rings. The summed E-state index contributed by atoms with van der Waals surface area (Å²) in [6.07, 6.45) is 6.60. The number of nitrogens with zero attached hydrogens (tertiary/aromatic N) is 1. The first-order valence-corrected chi connectivity index (χ1v) is 11.8. The van der Waals surface area contributed by atoms with Gasteiger partial charge in [0.25, 0.3) is 0 Å². The van der Waals surface area contributed by atoms with E-state index < -0.39 is 16.0 Å². The van der Waals surface area contributed by atoms with Crippen molar-refractivity contribution in [1.82, 2.24) is 0 Å². The Bertz CT molecular complexity index is 953. The lowest BCUT2D eigenvalue weighted by molar-refractivity contribution is 0.0479. The number of esters is 1. The van der Waals surface area contributed by atoms with E-state index in [0.29, 0.717) is 16.1 Å². The van der Waals surface area contributed by atoms with Gasteiger partial charge in [-0.3, -0.25) is 9.10 Å². The van der Waals surface area contributed by atoms with Crippen LogP contribution in [0.5, 0.6) is 0 Å². The molecule has 0 saturated heterocycles. The molecule has 1 heterocycles. The van der Waals surface area contributed by atoms with Crippen molar-refractivity contribution >= 4 is 38.8 Å². The lowest BCUT2D eigenvalue weighted by Crippen LogP contribution is -2.24. The van der Waals surface area contributed by atoms with Crippen LogP contribution in [0, 0.1) is 0 Å². The quantitative estimate of drug-likeness (QED) is 0.405. The first-order chi connectivity index (χ1) is 13.3. The highest BCUT2D eigenvalue weighted by Gasteiger charge is 2.19. The number of thiophene rings is 1. The number of rotatable bonds is 6. The zero-order valence-corrected chi connectivity index (χ0v) is 17.6. The van der Waals surface area contributed by atoms with Crippen molar-refractivity contribution in [3.05, 3.63) is 51.2 Å². The molecule has 1 aliphatic rings. The van der Waals surface area contributed by atoms with Crippen LogP contribution in [0.25, 0.3) is 0 Å². The molecule has 150 valence electrons. The maximum Gasteiger partial charge on any atom is 0.348 e. The summed E-state index contributed by atoms with van der Waals surface area (Å²) in [6, 6.07) is 8.05. The zero-order valence-electron chi connectivity index (χ0n) is 15.9. The Morgan fingerprint density at radius 1 is 1.11 bits per heavy atom. The van der Waals surface area contributed by atoms with Gasteiger partial charge in [-0.1, -0.05) is 6.42 Å². The molecule has 1 aromatic carbocycles. The lowest BCUT2D eigenvalue weighted by atomic mass is 10.1. The molecule has 0 unspecified atom stereocenters. The summed E-state index contributed by atoms with van der Waals surface area (Å²) < 4.78 is 29.4. The second-order valence-electron chi connectivity index (χ2n) is 6.90. The molecule has 6 nitrogen and oxygen atoms in total. The number of sulfonamides is 1. The maximum absolute atomic E-state index is 12.3. The lowest BCUT2D eigenvalue weighted by Gasteiger charge is -2.16. The summed E-state index contributed by atoms with van der Waals surface area (Å²) in [4.78, 5) is 26.4. The predicted octanol–water partition coefficient (Wildman–Crippen LogP) is 3.45. The number of ether oxygens (including phenoxy) is 1. The Labute approximate surface area is 169 Å². The van der Waals surface area contributed by atoms with Crippen molar-refractivity contribution < 1.29 is 22.7 Å². The number of fused-ring (bicyclic) bond motifs is 1. The highest BCUT2D eigenvalue weighted by Crippen LogP contribution is 2.29. The molecular formula is C20H23NO5S2. The molecule has 0 saturated carbocycles. The van der Waals surface area contributed by atoms with Crippen LogP contribution < -0.4 is 4.31 Å². The normalized spacial score (nSPS) is 14.1. The van der Waals surface area contributed by atoms with E-state index in [2.05, 4.69) is 0 Å². The van der Waals surface area contributed by atoms with E-state index in [-0.39, 0.29) is 12.4 Å². The fourth-order valence-electron chi connectivity index (χ4n) is 3.10. The van der Waals surface area contributed by atoms with Gasteiger partial charge >= 0.3 is 5.97 Å². The van der Waals surface area contributed by atoms with E-state index in [9.17, 15) is 18.0 Å². The first-order valence-electron chi connectivity index (χ1n) is 9.11. The Hall–Kier alpha value is -2.19. The molecule has 0 spiro atoms. The second-order valence-corrected chi connectivity index (χ2v) is 10.0. The largest absolute Gasteiger partial charge is 0.453 e. The summed E-state index contributed by atoms with van der Waals surface area (Å²) in [5, 5.41) is 0. The molecule has 1 aliphatic carbocycles. The van der Waals surface area contributed by atoms with Gasteiger partial charge in [-0.05, 0) is 61.6 Å². The third-order valence-corrected chi connectivity index (χ3v) is 7.26. The predicted molar refractivity (Wildman–Crippen MR) is 110 cm³/mol. The van der Waals surface area contributed by atoms with Gasteiger partial charge < -0.3 is 4.74 Å². The van der Waals surface area contributed by atoms with Gasteiger partial charge in [0.15, 0.2) is 12.4 Å². The number of benzene rings is 1. The van der Waals surface area contributed by atoms with Crippen molar-refractivity contribution in [3.63, 3.8) is 0 Å². The molecule has 8 heteroatoms. The van der Waals surface area contributed by atoms with Crippen LogP contribution in [0.15, 0.2) is 30.3 Å². The fourth-order valence-corrected chi connectivity index (χ4v) is 4.75. The molecule has 0 bridgehead atoms. The minimum atomic E-state index is -3.36. The van der Waals surface area contributed by atoms with Gasteiger partial charge in [-0.25, -0.2) is 13.2 Å². The molecule has 0 N–H and O–H groups in total. The highest BCUT2D eigenvalue weighted by atomic mass is 32.2. The summed E-state index contributed by atoms with van der Waals surface area (Å²) in [5.41, 5.74) is 2.04. The number of hydrogen-bond acceptors (Lipinski definition) is 6. The minimum absolute atomic E-state index is 0.333. The molecule has 28 heavy (non-hydrogen) atoms. The number of carbonyl (C=O) groups excluding carboxylic acids is 2. The first kappa shape index (κ1) is 20.5. The maximum atomic E-state index is 12.3. The smallest absolute Gasteiger partial charge is 0.348 e. The van der Waals surface area contributed by atoms with Crippen molar-refractivity contribution in [2.24, 2.45) is 0 Å². The third-order valence-electron chi connectivity index (χ3n) is 4.83. The topological polar surface area (TPSA) is 80.8 Å². The van der Waals surface area contributed by atoms with E-state index >= 15 is 0 Å². The van der Waals surface area contributed by atoms with Crippen LogP contribution in [-0.4, -0.2) is 40.1 Å². The van der Waals surface area contributed by atoms with Crippen LogP contribution in [0.1, 0.15) is 49.7 Å². The molecule has 1 aromatic heterocycles. The van der Waals surface area contributed by atoms with Gasteiger partial charge in [-0.15, -0.1) is 11.3 Å². The van der Waals surface area contributed by atoms with Gasteiger partial charge in [0.05, 0.1) is 11.9 Å². The van der Waals surface area contributed by atoms with Gasteiger partial charge in [0.1, 0.15) is 4.88 Å². The summed E-state index contributed by atoms with van der Waals surface area (Å²) >= 11 is 1.46. The van der Waals surface area contributed by atoms with E-state index in [1.807, 2.05) is 6.07 Å². The monoisotopic (exact) mass is 421 g/mol. The SMILES string of the molecule is CN(c1ccc(C(=O)COC(=O)c2cc3c(s2)CCCCC3)cc1)S(C)(=O)=O. The van der Waals surface area contributed by atoms with Crippen LogP contribution >= 0.6 is 11.3 Å². The molecule has 0 aliphatic heterocycles.